The van der Waals surface area contributed by atoms with Crippen molar-refractivity contribution in [1.29, 1.82) is 0 Å². The lowest BCUT2D eigenvalue weighted by Crippen LogP contribution is -2.59. The Hall–Kier alpha value is -1.43. The van der Waals surface area contributed by atoms with Crippen LogP contribution in [0.3, 0.4) is 0 Å². The van der Waals surface area contributed by atoms with Crippen molar-refractivity contribution in [2.45, 2.75) is 55.2 Å². The predicted octanol–water partition coefficient (Wildman–Crippen LogP) is -4.90. The zero-order valence-corrected chi connectivity index (χ0v) is 21.7. The number of hydrogen-bond donors (Lipinski definition) is 9. The SMILES string of the molecule is O=c1ccn([C@@H]2O[C@H](COP(=O)(O)OP(=O)(O)O[C@H]3O[C@H](CS(=O)(=O)O)[C@@H](O)[C@H](O)[C@@H]3O)[C@H](O)[C@H]2O)c(=O)[nH]1. The Morgan fingerprint density at radius 1 is 0.923 bits per heavy atom. The molecule has 0 radical (unpaired) electrons. The van der Waals surface area contributed by atoms with Gasteiger partial charge in [-0.2, -0.15) is 12.7 Å². The Kier molecular flexibility index (Phi) is 9.72. The maximum atomic E-state index is 12.2. The molecule has 11 atom stereocenters. The zero-order chi connectivity index (χ0) is 29.5. The van der Waals surface area contributed by atoms with Gasteiger partial charge in [0.1, 0.15) is 48.5 Å². The molecule has 9 N–H and O–H groups in total. The number of rotatable bonds is 10. The van der Waals surface area contributed by atoms with Crippen molar-refractivity contribution >= 4 is 25.8 Å². The van der Waals surface area contributed by atoms with Gasteiger partial charge in [-0.05, 0) is 0 Å². The molecule has 0 aromatic carbocycles. The Morgan fingerprint density at radius 3 is 2.13 bits per heavy atom. The van der Waals surface area contributed by atoms with E-state index in [1.54, 1.807) is 0 Å². The predicted molar refractivity (Wildman–Crippen MR) is 118 cm³/mol. The maximum absolute atomic E-state index is 12.2. The van der Waals surface area contributed by atoms with Crippen LogP contribution in [0.25, 0.3) is 0 Å². The topological polar surface area (TPSA) is 331 Å². The first-order valence-corrected chi connectivity index (χ1v) is 15.1. The molecule has 3 heterocycles. The zero-order valence-electron chi connectivity index (χ0n) is 19.1. The second-order valence-corrected chi connectivity index (χ2v) is 12.7. The fraction of sp³-hybridized carbons (Fsp3) is 0.733. The lowest BCUT2D eigenvalue weighted by atomic mass is 10.0. The summed E-state index contributed by atoms with van der Waals surface area (Å²) in [6.07, 6.45) is -17.0. The van der Waals surface area contributed by atoms with Crippen LogP contribution in [0.15, 0.2) is 21.9 Å². The molecule has 24 heteroatoms. The fourth-order valence-electron chi connectivity index (χ4n) is 3.55. The summed E-state index contributed by atoms with van der Waals surface area (Å²) < 4.78 is 79.0. The number of aliphatic hydroxyl groups excluding tert-OH is 5. The molecule has 1 aromatic rings. The molecule has 39 heavy (non-hydrogen) atoms. The number of aliphatic hydroxyl groups is 5. The molecule has 0 saturated carbocycles. The molecule has 2 fully saturated rings. The van der Waals surface area contributed by atoms with Crippen LogP contribution in [0.5, 0.6) is 0 Å². The van der Waals surface area contributed by atoms with E-state index in [4.69, 9.17) is 14.0 Å². The molecule has 0 aliphatic carbocycles. The van der Waals surface area contributed by atoms with Crippen LogP contribution < -0.4 is 11.2 Å². The first-order valence-electron chi connectivity index (χ1n) is 10.5. The van der Waals surface area contributed by atoms with Gasteiger partial charge < -0.3 is 44.8 Å². The van der Waals surface area contributed by atoms with Crippen LogP contribution in [0.4, 0.5) is 0 Å². The first-order chi connectivity index (χ1) is 17.8. The largest absolute Gasteiger partial charge is 0.483 e. The lowest BCUT2D eigenvalue weighted by molar-refractivity contribution is -0.270. The normalized spacial score (nSPS) is 36.8. The molecule has 2 aliphatic heterocycles. The second kappa shape index (κ2) is 11.8. The summed E-state index contributed by atoms with van der Waals surface area (Å²) in [5.41, 5.74) is -1.80. The van der Waals surface area contributed by atoms with Crippen molar-refractivity contribution in [1.82, 2.24) is 9.55 Å². The van der Waals surface area contributed by atoms with Gasteiger partial charge >= 0.3 is 21.3 Å². The average Bonchev–Trinajstić information content (AvgIpc) is 3.06. The number of H-pyrrole nitrogens is 1. The quantitative estimate of drug-likeness (QED) is 0.0863. The van der Waals surface area contributed by atoms with E-state index < -0.39 is 105 Å². The molecule has 2 saturated heterocycles. The van der Waals surface area contributed by atoms with E-state index in [-0.39, 0.29) is 0 Å². The van der Waals surface area contributed by atoms with Gasteiger partial charge in [0.05, 0.1) is 6.61 Å². The number of hydrogen-bond acceptors (Lipinski definition) is 16. The minimum absolute atomic E-state index is 0.691. The third-order valence-corrected chi connectivity index (χ3v) is 8.70. The van der Waals surface area contributed by atoms with Crippen molar-refractivity contribution in [2.75, 3.05) is 12.4 Å². The highest BCUT2D eigenvalue weighted by molar-refractivity contribution is 7.85. The number of ether oxygens (including phenoxy) is 2. The van der Waals surface area contributed by atoms with E-state index in [9.17, 15) is 62.5 Å². The highest BCUT2D eigenvalue weighted by atomic mass is 32.2. The summed E-state index contributed by atoms with van der Waals surface area (Å²) >= 11 is 0. The van der Waals surface area contributed by atoms with E-state index in [0.29, 0.717) is 4.57 Å². The molecule has 0 bridgehead atoms. The van der Waals surface area contributed by atoms with Crippen LogP contribution >= 0.6 is 15.6 Å². The molecular formula is C15H24N2O19P2S. The van der Waals surface area contributed by atoms with E-state index in [0.717, 1.165) is 12.3 Å². The van der Waals surface area contributed by atoms with Crippen molar-refractivity contribution in [3.8, 4) is 0 Å². The van der Waals surface area contributed by atoms with Crippen molar-refractivity contribution in [3.63, 3.8) is 0 Å². The molecule has 2 aliphatic rings. The van der Waals surface area contributed by atoms with E-state index in [1.807, 2.05) is 4.98 Å². The number of aromatic amines is 1. The number of phosphoric acid groups is 2. The van der Waals surface area contributed by atoms with Crippen LogP contribution in [0, 0.1) is 0 Å². The fourth-order valence-corrected chi connectivity index (χ4v) is 6.39. The number of nitrogens with one attached hydrogen (secondary N) is 1. The van der Waals surface area contributed by atoms with Gasteiger partial charge in [-0.15, -0.1) is 0 Å². The maximum Gasteiger partial charge on any atom is 0.483 e. The highest BCUT2D eigenvalue weighted by Crippen LogP contribution is 2.61. The average molecular weight is 630 g/mol. The third kappa shape index (κ3) is 8.07. The van der Waals surface area contributed by atoms with Crippen molar-refractivity contribution < 1.29 is 80.3 Å². The number of phosphoric ester groups is 2. The van der Waals surface area contributed by atoms with Gasteiger partial charge in [0.15, 0.2) is 12.5 Å². The Balaban J connectivity index is 1.63. The van der Waals surface area contributed by atoms with E-state index in [1.165, 1.54) is 0 Å². The van der Waals surface area contributed by atoms with Gasteiger partial charge in [-0.25, -0.2) is 13.9 Å². The van der Waals surface area contributed by atoms with Gasteiger partial charge in [0, 0.05) is 12.3 Å². The van der Waals surface area contributed by atoms with Crippen LogP contribution in [0.1, 0.15) is 6.23 Å². The molecule has 224 valence electrons. The van der Waals surface area contributed by atoms with Gasteiger partial charge in [-0.3, -0.25) is 27.9 Å². The molecule has 21 nitrogen and oxygen atoms in total. The molecule has 0 amide bonds. The van der Waals surface area contributed by atoms with Gasteiger partial charge in [0.2, 0.25) is 0 Å². The Bertz CT molecular complexity index is 1350. The summed E-state index contributed by atoms with van der Waals surface area (Å²) in [6, 6.07) is 0.903. The molecule has 2 unspecified atom stereocenters. The summed E-state index contributed by atoms with van der Waals surface area (Å²) in [5, 5.41) is 49.8. The molecule has 1 aromatic heterocycles. The van der Waals surface area contributed by atoms with Crippen LogP contribution in [0.2, 0.25) is 0 Å². The minimum Gasteiger partial charge on any atom is -0.388 e. The minimum atomic E-state index is -5.76. The number of nitrogens with zero attached hydrogens (tertiary/aromatic N) is 1. The van der Waals surface area contributed by atoms with Crippen LogP contribution in [-0.4, -0.2) is 119 Å². The number of aromatic nitrogens is 2. The van der Waals surface area contributed by atoms with Crippen LogP contribution in [-0.2, 0) is 42.1 Å². The highest BCUT2D eigenvalue weighted by Gasteiger charge is 2.50. The van der Waals surface area contributed by atoms with Crippen molar-refractivity contribution in [3.05, 3.63) is 33.1 Å². The first kappa shape index (κ1) is 32.1. The van der Waals surface area contributed by atoms with Gasteiger partial charge in [0.25, 0.3) is 15.7 Å². The van der Waals surface area contributed by atoms with Gasteiger partial charge in [-0.1, -0.05) is 0 Å². The summed E-state index contributed by atoms with van der Waals surface area (Å²) in [6.45, 7) is -1.09. The Morgan fingerprint density at radius 2 is 1.54 bits per heavy atom. The molecule has 3 rings (SSSR count). The standard InChI is InChI=1S/C15H24N2O19P2S/c18-7-1-2-17(15(24)16-7)13-11(22)8(19)5(33-13)3-32-37(25,26)36-38(27,28)35-14-12(23)10(21)9(20)6(34-14)4-39(29,30)31/h1-2,5-6,8-14,19-23H,3-4H2,(H,25,26)(H,27,28)(H,16,18,24)(H,29,30,31)/t5-,6-,8+,9-,10+,11-,12+,13-,14-/m1/s1. The second-order valence-electron chi connectivity index (χ2n) is 8.25. The summed E-state index contributed by atoms with van der Waals surface area (Å²) in [4.78, 5) is 44.6. The van der Waals surface area contributed by atoms with E-state index in [2.05, 4.69) is 13.4 Å². The lowest BCUT2D eigenvalue weighted by Gasteiger charge is -2.39. The van der Waals surface area contributed by atoms with Crippen molar-refractivity contribution in [2.24, 2.45) is 0 Å². The third-order valence-electron chi connectivity index (χ3n) is 5.35. The Labute approximate surface area is 216 Å². The van der Waals surface area contributed by atoms with E-state index >= 15 is 0 Å². The molecule has 0 spiro atoms. The summed E-state index contributed by atoms with van der Waals surface area (Å²) in [5.74, 6) is -1.35. The smallest absolute Gasteiger partial charge is 0.388 e. The monoisotopic (exact) mass is 630 g/mol. The summed E-state index contributed by atoms with van der Waals surface area (Å²) in [7, 11) is -16.2. The molecular weight excluding hydrogens is 606 g/mol.